The minimum absolute atomic E-state index is 0.570. The summed E-state index contributed by atoms with van der Waals surface area (Å²) in [4.78, 5) is 12.9. The Morgan fingerprint density at radius 3 is 2.88 bits per heavy atom. The summed E-state index contributed by atoms with van der Waals surface area (Å²) in [6.07, 6.45) is 5.03. The number of rotatable bonds is 2. The van der Waals surface area contributed by atoms with Gasteiger partial charge in [0.05, 0.1) is 18.2 Å². The van der Waals surface area contributed by atoms with Crippen molar-refractivity contribution < 1.29 is 4.74 Å². The molecule has 0 aliphatic heterocycles. The Balaban J connectivity index is 2.31. The maximum Gasteiger partial charge on any atom is 0.234 e. The van der Waals surface area contributed by atoms with Gasteiger partial charge in [-0.2, -0.15) is 4.37 Å². The molecule has 3 aromatic heterocycles. The minimum atomic E-state index is 0.570. The third-order valence-corrected chi connectivity index (χ3v) is 2.98. The van der Waals surface area contributed by atoms with E-state index in [1.807, 2.05) is 11.4 Å². The van der Waals surface area contributed by atoms with Crippen LogP contribution in [0, 0.1) is 0 Å². The highest BCUT2D eigenvalue weighted by atomic mass is 32.1. The molecular formula is C11H8N4OS. The first-order valence-corrected chi connectivity index (χ1v) is 5.78. The van der Waals surface area contributed by atoms with Crippen LogP contribution in [0.4, 0.5) is 0 Å². The number of fused-ring (bicyclic) bond motifs is 1. The van der Waals surface area contributed by atoms with E-state index in [1.165, 1.54) is 11.5 Å². The van der Waals surface area contributed by atoms with E-state index in [9.17, 15) is 0 Å². The number of nitrogens with zero attached hydrogens (tertiary/aromatic N) is 4. The van der Waals surface area contributed by atoms with E-state index in [1.54, 1.807) is 25.7 Å². The van der Waals surface area contributed by atoms with Gasteiger partial charge in [-0.3, -0.25) is 15.0 Å². The van der Waals surface area contributed by atoms with Crippen LogP contribution in [-0.2, 0) is 0 Å². The predicted molar refractivity (Wildman–Crippen MR) is 65.0 cm³/mol. The molecule has 0 aliphatic carbocycles. The maximum absolute atomic E-state index is 5.20. The Morgan fingerprint density at radius 2 is 2.00 bits per heavy atom. The molecule has 3 heterocycles. The molecule has 0 saturated heterocycles. The van der Waals surface area contributed by atoms with E-state index in [-0.39, 0.29) is 0 Å². The van der Waals surface area contributed by atoms with Gasteiger partial charge in [0, 0.05) is 24.0 Å². The van der Waals surface area contributed by atoms with Crippen molar-refractivity contribution in [3.63, 3.8) is 0 Å². The van der Waals surface area contributed by atoms with Crippen molar-refractivity contribution in [1.82, 2.24) is 19.3 Å². The van der Waals surface area contributed by atoms with Crippen LogP contribution in [0.25, 0.3) is 22.3 Å². The summed E-state index contributed by atoms with van der Waals surface area (Å²) in [7, 11) is 1.59. The highest BCUT2D eigenvalue weighted by molar-refractivity contribution is 7.04. The molecule has 0 bridgehead atoms. The highest BCUT2D eigenvalue weighted by Gasteiger charge is 2.14. The van der Waals surface area contributed by atoms with Gasteiger partial charge in [0.2, 0.25) is 5.88 Å². The summed E-state index contributed by atoms with van der Waals surface area (Å²) in [5, 5.41) is 1.90. The standard InChI is InChI=1S/C11H8N4OS/c1-16-11-7(6-17-15-11)9-10-8(2-3-13-9)12-4-5-14-10/h2-6H,1H3. The third kappa shape index (κ3) is 1.62. The van der Waals surface area contributed by atoms with Crippen molar-refractivity contribution in [1.29, 1.82) is 0 Å². The molecule has 0 unspecified atom stereocenters. The molecule has 0 amide bonds. The van der Waals surface area contributed by atoms with Gasteiger partial charge in [0.1, 0.15) is 11.2 Å². The first-order chi connectivity index (χ1) is 8.40. The van der Waals surface area contributed by atoms with Crippen molar-refractivity contribution in [3.8, 4) is 17.1 Å². The number of ether oxygens (including phenoxy) is 1. The van der Waals surface area contributed by atoms with Crippen LogP contribution >= 0.6 is 11.5 Å². The van der Waals surface area contributed by atoms with Gasteiger partial charge in [-0.05, 0) is 17.6 Å². The maximum atomic E-state index is 5.20. The second-order valence-corrected chi connectivity index (χ2v) is 3.95. The summed E-state index contributed by atoms with van der Waals surface area (Å²) in [6, 6.07) is 1.83. The molecule has 0 fully saturated rings. The molecule has 0 atom stereocenters. The Bertz CT molecular complexity index is 662. The van der Waals surface area contributed by atoms with Crippen LogP contribution in [0.15, 0.2) is 30.0 Å². The highest BCUT2D eigenvalue weighted by Crippen LogP contribution is 2.32. The van der Waals surface area contributed by atoms with Crippen molar-refractivity contribution in [2.24, 2.45) is 0 Å². The van der Waals surface area contributed by atoms with Crippen LogP contribution < -0.4 is 4.74 Å². The summed E-state index contributed by atoms with van der Waals surface area (Å²) >= 11 is 1.33. The first kappa shape index (κ1) is 10.1. The van der Waals surface area contributed by atoms with Crippen LogP contribution in [-0.4, -0.2) is 26.4 Å². The quantitative estimate of drug-likeness (QED) is 0.691. The number of hydrogen-bond acceptors (Lipinski definition) is 6. The molecular weight excluding hydrogens is 236 g/mol. The van der Waals surface area contributed by atoms with Crippen LogP contribution in [0.2, 0.25) is 0 Å². The molecule has 5 nitrogen and oxygen atoms in total. The third-order valence-electron chi connectivity index (χ3n) is 2.37. The summed E-state index contributed by atoms with van der Waals surface area (Å²) in [6.45, 7) is 0. The fourth-order valence-electron chi connectivity index (χ4n) is 1.62. The molecule has 0 aromatic carbocycles. The monoisotopic (exact) mass is 244 g/mol. The fraction of sp³-hybridized carbons (Fsp3) is 0.0909. The van der Waals surface area contributed by atoms with Gasteiger partial charge >= 0.3 is 0 Å². The lowest BCUT2D eigenvalue weighted by Crippen LogP contribution is -1.91. The van der Waals surface area contributed by atoms with Gasteiger partial charge in [-0.25, -0.2) is 0 Å². The van der Waals surface area contributed by atoms with Gasteiger partial charge in [0.15, 0.2) is 0 Å². The number of methoxy groups -OCH3 is 1. The summed E-state index contributed by atoms with van der Waals surface area (Å²) in [5.41, 5.74) is 3.17. The van der Waals surface area contributed by atoms with Gasteiger partial charge in [0.25, 0.3) is 0 Å². The van der Waals surface area contributed by atoms with Crippen LogP contribution in [0.5, 0.6) is 5.88 Å². The SMILES string of the molecule is COc1nscc1-c1nccc2nccnc12. The smallest absolute Gasteiger partial charge is 0.234 e. The molecule has 17 heavy (non-hydrogen) atoms. The van der Waals surface area contributed by atoms with Crippen molar-refractivity contribution in [2.75, 3.05) is 7.11 Å². The topological polar surface area (TPSA) is 60.8 Å². The molecule has 0 radical (unpaired) electrons. The molecule has 84 valence electrons. The number of pyridine rings is 1. The summed E-state index contributed by atoms with van der Waals surface area (Å²) in [5.74, 6) is 0.570. The van der Waals surface area contributed by atoms with Crippen molar-refractivity contribution >= 4 is 22.6 Å². The summed E-state index contributed by atoms with van der Waals surface area (Å²) < 4.78 is 9.35. The Morgan fingerprint density at radius 1 is 1.12 bits per heavy atom. The normalized spacial score (nSPS) is 10.6. The Hall–Kier alpha value is -2.08. The predicted octanol–water partition coefficient (Wildman–Crippen LogP) is 2.16. The van der Waals surface area contributed by atoms with Crippen LogP contribution in [0.1, 0.15) is 0 Å². The van der Waals surface area contributed by atoms with Gasteiger partial charge in [-0.1, -0.05) is 0 Å². The van der Waals surface area contributed by atoms with Gasteiger partial charge in [-0.15, -0.1) is 0 Å². The Labute approximate surface area is 101 Å². The molecule has 0 spiro atoms. The lowest BCUT2D eigenvalue weighted by atomic mass is 10.2. The Kier molecular flexibility index (Phi) is 2.41. The molecule has 0 N–H and O–H groups in total. The molecule has 6 heteroatoms. The number of aromatic nitrogens is 4. The van der Waals surface area contributed by atoms with E-state index in [2.05, 4.69) is 19.3 Å². The van der Waals surface area contributed by atoms with Crippen molar-refractivity contribution in [2.45, 2.75) is 0 Å². The molecule has 3 rings (SSSR count). The fourth-order valence-corrected chi connectivity index (χ4v) is 2.26. The van der Waals surface area contributed by atoms with E-state index in [4.69, 9.17) is 4.74 Å². The van der Waals surface area contributed by atoms with E-state index in [0.717, 1.165) is 22.3 Å². The minimum Gasteiger partial charge on any atom is -0.480 e. The van der Waals surface area contributed by atoms with Crippen molar-refractivity contribution in [3.05, 3.63) is 30.0 Å². The van der Waals surface area contributed by atoms with Gasteiger partial charge < -0.3 is 4.74 Å². The number of hydrogen-bond donors (Lipinski definition) is 0. The second-order valence-electron chi connectivity index (χ2n) is 3.32. The molecule has 0 aliphatic rings. The molecule has 0 saturated carbocycles. The lowest BCUT2D eigenvalue weighted by molar-refractivity contribution is 0.404. The second kappa shape index (κ2) is 4.06. The first-order valence-electron chi connectivity index (χ1n) is 4.94. The van der Waals surface area contributed by atoms with Crippen LogP contribution in [0.3, 0.4) is 0 Å². The lowest BCUT2D eigenvalue weighted by Gasteiger charge is -2.03. The van der Waals surface area contributed by atoms with E-state index in [0.29, 0.717) is 5.88 Å². The molecule has 3 aromatic rings. The zero-order valence-corrected chi connectivity index (χ0v) is 9.81. The zero-order chi connectivity index (χ0) is 11.7. The average molecular weight is 244 g/mol. The van der Waals surface area contributed by atoms with E-state index >= 15 is 0 Å². The zero-order valence-electron chi connectivity index (χ0n) is 8.99. The largest absolute Gasteiger partial charge is 0.480 e. The van der Waals surface area contributed by atoms with E-state index < -0.39 is 0 Å². The average Bonchev–Trinajstić information content (AvgIpc) is 2.86.